The van der Waals surface area contributed by atoms with Gasteiger partial charge in [-0.15, -0.1) is 4.83 Å². The monoisotopic (exact) mass is 249 g/mol. The molecule has 0 bridgehead atoms. The Balaban J connectivity index is 1.90. The van der Waals surface area contributed by atoms with E-state index in [4.69, 9.17) is 4.74 Å². The maximum Gasteiger partial charge on any atom is 0.227 e. The van der Waals surface area contributed by atoms with Gasteiger partial charge in [0, 0.05) is 13.1 Å². The first-order valence-corrected chi connectivity index (χ1v) is 7.28. The maximum absolute atomic E-state index is 12.0. The van der Waals surface area contributed by atoms with E-state index in [1.54, 1.807) is 5.01 Å². The van der Waals surface area contributed by atoms with Crippen LogP contribution in [0.25, 0.3) is 0 Å². The largest absolute Gasteiger partial charge is 0.379 e. The Morgan fingerprint density at radius 1 is 1.19 bits per heavy atom. The second-order valence-electron chi connectivity index (χ2n) is 4.19. The zero-order valence-corrected chi connectivity index (χ0v) is 10.1. The Morgan fingerprint density at radius 2 is 1.81 bits per heavy atom. The van der Waals surface area contributed by atoms with Crippen LogP contribution in [0, 0.1) is 0 Å². The summed E-state index contributed by atoms with van der Waals surface area (Å²) in [6.45, 7) is 4.02. The van der Waals surface area contributed by atoms with E-state index in [2.05, 4.69) is 10.1 Å². The quantitative estimate of drug-likeness (QED) is 0.665. The van der Waals surface area contributed by atoms with Crippen LogP contribution < -0.4 is 10.1 Å². The molecule has 0 spiro atoms. The van der Waals surface area contributed by atoms with Gasteiger partial charge >= 0.3 is 0 Å². The van der Waals surface area contributed by atoms with Gasteiger partial charge in [0.1, 0.15) is 0 Å². The lowest BCUT2D eigenvalue weighted by molar-refractivity contribution is 0.0270. The van der Waals surface area contributed by atoms with Gasteiger partial charge in [0.2, 0.25) is 10.0 Å². The molecule has 0 aliphatic carbocycles. The van der Waals surface area contributed by atoms with Crippen molar-refractivity contribution in [3.05, 3.63) is 0 Å². The molecular formula is C9H19N3O3S. The molecule has 0 atom stereocenters. The van der Waals surface area contributed by atoms with Crippen LogP contribution in [-0.4, -0.2) is 58.1 Å². The molecule has 2 fully saturated rings. The molecule has 0 aromatic carbocycles. The van der Waals surface area contributed by atoms with Crippen molar-refractivity contribution in [2.75, 3.05) is 39.4 Å². The minimum atomic E-state index is -3.20. The Kier molecular flexibility index (Phi) is 4.15. The van der Waals surface area contributed by atoms with Crippen molar-refractivity contribution in [1.29, 1.82) is 0 Å². The molecule has 2 rings (SSSR count). The van der Waals surface area contributed by atoms with Gasteiger partial charge in [-0.05, 0) is 25.9 Å². The second kappa shape index (κ2) is 5.42. The summed E-state index contributed by atoms with van der Waals surface area (Å²) in [5.74, 6) is 0. The standard InChI is InChI=1S/C9H19N3O3S/c13-16(14,9-1-3-10-4-2-9)11-12-5-7-15-8-6-12/h9-11H,1-8H2. The van der Waals surface area contributed by atoms with E-state index in [9.17, 15) is 8.42 Å². The number of hydrogen-bond donors (Lipinski definition) is 2. The predicted molar refractivity (Wildman–Crippen MR) is 60.3 cm³/mol. The summed E-state index contributed by atoms with van der Waals surface area (Å²) < 4.78 is 29.2. The Morgan fingerprint density at radius 3 is 2.44 bits per heavy atom. The van der Waals surface area contributed by atoms with Crippen LogP contribution in [0.15, 0.2) is 0 Å². The highest BCUT2D eigenvalue weighted by atomic mass is 32.2. The van der Waals surface area contributed by atoms with Crippen molar-refractivity contribution < 1.29 is 13.2 Å². The number of sulfonamides is 1. The lowest BCUT2D eigenvalue weighted by atomic mass is 10.2. The molecule has 16 heavy (non-hydrogen) atoms. The average Bonchev–Trinajstić information content (AvgIpc) is 2.31. The summed E-state index contributed by atoms with van der Waals surface area (Å²) in [7, 11) is -3.20. The molecular weight excluding hydrogens is 230 g/mol. The molecule has 0 radical (unpaired) electrons. The summed E-state index contributed by atoms with van der Waals surface area (Å²) in [5, 5.41) is 4.65. The molecule has 7 heteroatoms. The fraction of sp³-hybridized carbons (Fsp3) is 1.00. The maximum atomic E-state index is 12.0. The topological polar surface area (TPSA) is 70.7 Å². The Hall–Kier alpha value is -0.210. The van der Waals surface area contributed by atoms with Crippen LogP contribution in [0.5, 0.6) is 0 Å². The van der Waals surface area contributed by atoms with Crippen molar-refractivity contribution >= 4 is 10.0 Å². The van der Waals surface area contributed by atoms with Crippen LogP contribution >= 0.6 is 0 Å². The van der Waals surface area contributed by atoms with E-state index in [1.807, 2.05) is 0 Å². The van der Waals surface area contributed by atoms with E-state index in [0.717, 1.165) is 13.1 Å². The second-order valence-corrected chi connectivity index (χ2v) is 6.12. The molecule has 2 heterocycles. The van der Waals surface area contributed by atoms with E-state index in [-0.39, 0.29) is 5.25 Å². The molecule has 0 aromatic rings. The third-order valence-corrected chi connectivity index (χ3v) is 4.85. The zero-order chi connectivity index (χ0) is 11.4. The number of nitrogens with one attached hydrogen (secondary N) is 2. The fourth-order valence-electron chi connectivity index (χ4n) is 2.01. The third-order valence-electron chi connectivity index (χ3n) is 2.99. The van der Waals surface area contributed by atoms with Crippen LogP contribution in [0.1, 0.15) is 12.8 Å². The normalized spacial score (nSPS) is 25.8. The van der Waals surface area contributed by atoms with Crippen molar-refractivity contribution in [2.45, 2.75) is 18.1 Å². The number of rotatable bonds is 3. The summed E-state index contributed by atoms with van der Waals surface area (Å²) in [5.41, 5.74) is 0. The summed E-state index contributed by atoms with van der Waals surface area (Å²) in [6, 6.07) is 0. The van der Waals surface area contributed by atoms with Crippen LogP contribution in [-0.2, 0) is 14.8 Å². The van der Waals surface area contributed by atoms with Gasteiger partial charge in [-0.2, -0.15) is 0 Å². The number of hydrogen-bond acceptors (Lipinski definition) is 5. The highest BCUT2D eigenvalue weighted by Gasteiger charge is 2.29. The number of morpholine rings is 1. The van der Waals surface area contributed by atoms with Gasteiger partial charge in [0.25, 0.3) is 0 Å². The SMILES string of the molecule is O=S(=O)(NN1CCOCC1)C1CCNCC1. The van der Waals surface area contributed by atoms with Crippen molar-refractivity contribution in [1.82, 2.24) is 15.2 Å². The van der Waals surface area contributed by atoms with Crippen molar-refractivity contribution in [3.63, 3.8) is 0 Å². The van der Waals surface area contributed by atoms with Gasteiger partial charge in [-0.3, -0.25) is 0 Å². The minimum Gasteiger partial charge on any atom is -0.379 e. The molecule has 2 saturated heterocycles. The molecule has 2 aliphatic rings. The first-order chi connectivity index (χ1) is 7.68. The minimum absolute atomic E-state index is 0.253. The summed E-state index contributed by atoms with van der Waals surface area (Å²) in [6.07, 6.45) is 1.39. The van der Waals surface area contributed by atoms with E-state index in [1.165, 1.54) is 0 Å². The molecule has 0 unspecified atom stereocenters. The first-order valence-electron chi connectivity index (χ1n) is 5.73. The van der Waals surface area contributed by atoms with E-state index in [0.29, 0.717) is 39.1 Å². The highest BCUT2D eigenvalue weighted by Crippen LogP contribution is 2.12. The summed E-state index contributed by atoms with van der Waals surface area (Å²) in [4.78, 5) is 2.66. The third kappa shape index (κ3) is 3.14. The lowest BCUT2D eigenvalue weighted by Crippen LogP contribution is -2.52. The van der Waals surface area contributed by atoms with Gasteiger partial charge in [0.15, 0.2) is 0 Å². The summed E-state index contributed by atoms with van der Waals surface area (Å²) >= 11 is 0. The molecule has 6 nitrogen and oxygen atoms in total. The van der Waals surface area contributed by atoms with Gasteiger partial charge in [-0.1, -0.05) is 0 Å². The molecule has 2 N–H and O–H groups in total. The Labute approximate surface area is 96.4 Å². The Bertz CT molecular complexity index is 308. The molecule has 0 aromatic heterocycles. The first kappa shape index (κ1) is 12.3. The van der Waals surface area contributed by atoms with Crippen LogP contribution in [0.3, 0.4) is 0 Å². The molecule has 94 valence electrons. The van der Waals surface area contributed by atoms with Crippen molar-refractivity contribution in [2.24, 2.45) is 0 Å². The number of hydrazine groups is 1. The van der Waals surface area contributed by atoms with Gasteiger partial charge < -0.3 is 10.1 Å². The van der Waals surface area contributed by atoms with Crippen molar-refractivity contribution in [3.8, 4) is 0 Å². The van der Waals surface area contributed by atoms with Gasteiger partial charge in [-0.25, -0.2) is 13.4 Å². The number of piperidine rings is 1. The number of nitrogens with zero attached hydrogens (tertiary/aromatic N) is 1. The molecule has 0 saturated carbocycles. The van der Waals surface area contributed by atoms with Gasteiger partial charge in [0.05, 0.1) is 18.5 Å². The van der Waals surface area contributed by atoms with Crippen LogP contribution in [0.2, 0.25) is 0 Å². The molecule has 0 amide bonds. The average molecular weight is 249 g/mol. The molecule has 2 aliphatic heterocycles. The highest BCUT2D eigenvalue weighted by molar-refractivity contribution is 7.90. The zero-order valence-electron chi connectivity index (χ0n) is 9.31. The predicted octanol–water partition coefficient (Wildman–Crippen LogP) is -1.09. The number of ether oxygens (including phenoxy) is 1. The van der Waals surface area contributed by atoms with E-state index < -0.39 is 10.0 Å². The van der Waals surface area contributed by atoms with E-state index >= 15 is 0 Å². The lowest BCUT2D eigenvalue weighted by Gasteiger charge is -2.30. The smallest absolute Gasteiger partial charge is 0.227 e. The fourth-order valence-corrected chi connectivity index (χ4v) is 3.56. The van der Waals surface area contributed by atoms with Crippen LogP contribution in [0.4, 0.5) is 0 Å².